The van der Waals surface area contributed by atoms with E-state index in [0.717, 1.165) is 25.2 Å². The van der Waals surface area contributed by atoms with Crippen molar-refractivity contribution >= 4 is 22.7 Å². The van der Waals surface area contributed by atoms with Gasteiger partial charge < -0.3 is 10.2 Å². The first-order chi connectivity index (χ1) is 11.5. The third-order valence-electron chi connectivity index (χ3n) is 3.30. The smallest absolute Gasteiger partial charge is 0.271 e. The zero-order chi connectivity index (χ0) is 17.4. The molecule has 0 aliphatic carbocycles. The lowest BCUT2D eigenvalue weighted by molar-refractivity contribution is -0.384. The second kappa shape index (κ2) is 8.73. The summed E-state index contributed by atoms with van der Waals surface area (Å²) in [5, 5.41) is 22.2. The Balaban J connectivity index is 1.91. The molecule has 7 nitrogen and oxygen atoms in total. The summed E-state index contributed by atoms with van der Waals surface area (Å²) >= 11 is 0. The predicted octanol–water partition coefficient (Wildman–Crippen LogP) is 4.37. The molecule has 0 bridgehead atoms. The van der Waals surface area contributed by atoms with Gasteiger partial charge in [0.15, 0.2) is 0 Å². The SMILES string of the molecule is CN(C)CCCNc1ccc(N=Nc2cccc([N+](=O)[O-])c2)cc1. The van der Waals surface area contributed by atoms with E-state index in [4.69, 9.17) is 0 Å². The summed E-state index contributed by atoms with van der Waals surface area (Å²) in [4.78, 5) is 12.4. The molecular formula is C17H21N5O2. The molecule has 126 valence electrons. The van der Waals surface area contributed by atoms with Gasteiger partial charge in [-0.05, 0) is 57.4 Å². The van der Waals surface area contributed by atoms with Gasteiger partial charge in [0.05, 0.1) is 16.3 Å². The maximum Gasteiger partial charge on any atom is 0.271 e. The molecule has 2 aromatic carbocycles. The summed E-state index contributed by atoms with van der Waals surface area (Å²) in [6.07, 6.45) is 1.07. The molecule has 1 N–H and O–H groups in total. The molecule has 0 aliphatic rings. The van der Waals surface area contributed by atoms with E-state index in [9.17, 15) is 10.1 Å². The molecule has 2 aromatic rings. The van der Waals surface area contributed by atoms with Gasteiger partial charge in [-0.2, -0.15) is 10.2 Å². The number of rotatable bonds is 8. The molecule has 0 saturated carbocycles. The van der Waals surface area contributed by atoms with Crippen molar-refractivity contribution in [2.75, 3.05) is 32.5 Å². The van der Waals surface area contributed by atoms with Crippen LogP contribution in [0.5, 0.6) is 0 Å². The second-order valence-electron chi connectivity index (χ2n) is 5.61. The van der Waals surface area contributed by atoms with E-state index in [2.05, 4.69) is 34.5 Å². The van der Waals surface area contributed by atoms with Gasteiger partial charge in [-0.1, -0.05) is 6.07 Å². The van der Waals surface area contributed by atoms with Crippen LogP contribution in [-0.4, -0.2) is 37.0 Å². The number of benzene rings is 2. The lowest BCUT2D eigenvalue weighted by Gasteiger charge is -2.10. The molecule has 7 heteroatoms. The Morgan fingerprint density at radius 1 is 1.08 bits per heavy atom. The van der Waals surface area contributed by atoms with Crippen LogP contribution in [0.3, 0.4) is 0 Å². The first-order valence-corrected chi connectivity index (χ1v) is 7.69. The van der Waals surface area contributed by atoms with Gasteiger partial charge in [-0.3, -0.25) is 10.1 Å². The first-order valence-electron chi connectivity index (χ1n) is 7.69. The van der Waals surface area contributed by atoms with Gasteiger partial charge in [0.1, 0.15) is 0 Å². The average Bonchev–Trinajstić information content (AvgIpc) is 2.58. The Hall–Kier alpha value is -2.80. The highest BCUT2D eigenvalue weighted by Crippen LogP contribution is 2.23. The maximum absolute atomic E-state index is 10.7. The molecule has 0 saturated heterocycles. The third-order valence-corrected chi connectivity index (χ3v) is 3.30. The largest absolute Gasteiger partial charge is 0.385 e. The van der Waals surface area contributed by atoms with Crippen LogP contribution in [0.25, 0.3) is 0 Å². The molecule has 0 atom stereocenters. The van der Waals surface area contributed by atoms with Crippen molar-refractivity contribution in [3.8, 4) is 0 Å². The van der Waals surface area contributed by atoms with Crippen molar-refractivity contribution in [1.29, 1.82) is 0 Å². The Morgan fingerprint density at radius 2 is 1.79 bits per heavy atom. The number of hydrogen-bond acceptors (Lipinski definition) is 6. The van der Waals surface area contributed by atoms with E-state index in [0.29, 0.717) is 11.4 Å². The Bertz CT molecular complexity index is 698. The van der Waals surface area contributed by atoms with E-state index < -0.39 is 4.92 Å². The summed E-state index contributed by atoms with van der Waals surface area (Å²) in [6.45, 7) is 1.95. The quantitative estimate of drug-likeness (QED) is 0.338. The molecule has 0 aromatic heterocycles. The Kier molecular flexibility index (Phi) is 6.39. The van der Waals surface area contributed by atoms with Gasteiger partial charge in [0.2, 0.25) is 0 Å². The minimum Gasteiger partial charge on any atom is -0.385 e. The van der Waals surface area contributed by atoms with Gasteiger partial charge in [0.25, 0.3) is 5.69 Å². The molecule has 24 heavy (non-hydrogen) atoms. The molecule has 0 radical (unpaired) electrons. The normalized spacial score (nSPS) is 11.1. The molecule has 0 unspecified atom stereocenters. The molecule has 2 rings (SSSR count). The van der Waals surface area contributed by atoms with Crippen molar-refractivity contribution < 1.29 is 4.92 Å². The van der Waals surface area contributed by atoms with Crippen molar-refractivity contribution in [3.05, 3.63) is 58.6 Å². The monoisotopic (exact) mass is 327 g/mol. The Labute approximate surface area is 141 Å². The van der Waals surface area contributed by atoms with Crippen LogP contribution in [0.15, 0.2) is 58.8 Å². The van der Waals surface area contributed by atoms with Crippen LogP contribution >= 0.6 is 0 Å². The lowest BCUT2D eigenvalue weighted by Crippen LogP contribution is -2.16. The van der Waals surface area contributed by atoms with Crippen LogP contribution in [0.4, 0.5) is 22.7 Å². The zero-order valence-electron chi connectivity index (χ0n) is 13.8. The van der Waals surface area contributed by atoms with Gasteiger partial charge in [-0.15, -0.1) is 0 Å². The number of non-ortho nitro benzene ring substituents is 1. The Morgan fingerprint density at radius 3 is 2.46 bits per heavy atom. The van der Waals surface area contributed by atoms with Crippen molar-refractivity contribution in [3.63, 3.8) is 0 Å². The molecule has 0 fully saturated rings. The second-order valence-corrected chi connectivity index (χ2v) is 5.61. The fourth-order valence-electron chi connectivity index (χ4n) is 2.06. The number of nitro groups is 1. The highest BCUT2D eigenvalue weighted by atomic mass is 16.6. The topological polar surface area (TPSA) is 83.1 Å². The van der Waals surface area contributed by atoms with E-state index >= 15 is 0 Å². The molecule has 0 aliphatic heterocycles. The predicted molar refractivity (Wildman–Crippen MR) is 95.4 cm³/mol. The third kappa shape index (κ3) is 5.77. The average molecular weight is 327 g/mol. The van der Waals surface area contributed by atoms with Crippen LogP contribution in [-0.2, 0) is 0 Å². The summed E-state index contributed by atoms with van der Waals surface area (Å²) in [7, 11) is 4.11. The van der Waals surface area contributed by atoms with Crippen LogP contribution < -0.4 is 5.32 Å². The number of azo groups is 1. The van der Waals surface area contributed by atoms with E-state index in [1.165, 1.54) is 12.1 Å². The van der Waals surface area contributed by atoms with Gasteiger partial charge in [-0.25, -0.2) is 0 Å². The van der Waals surface area contributed by atoms with Gasteiger partial charge in [0, 0.05) is 24.4 Å². The van der Waals surface area contributed by atoms with Crippen molar-refractivity contribution in [2.24, 2.45) is 10.2 Å². The minimum atomic E-state index is -0.449. The minimum absolute atomic E-state index is 0.00345. The van der Waals surface area contributed by atoms with Crippen molar-refractivity contribution in [1.82, 2.24) is 4.90 Å². The molecule has 0 spiro atoms. The van der Waals surface area contributed by atoms with Crippen LogP contribution in [0.2, 0.25) is 0 Å². The van der Waals surface area contributed by atoms with Crippen molar-refractivity contribution in [2.45, 2.75) is 6.42 Å². The summed E-state index contributed by atoms with van der Waals surface area (Å²) in [5.74, 6) is 0. The maximum atomic E-state index is 10.7. The van der Waals surface area contributed by atoms with Gasteiger partial charge >= 0.3 is 0 Å². The van der Waals surface area contributed by atoms with E-state index in [1.54, 1.807) is 12.1 Å². The van der Waals surface area contributed by atoms with E-state index in [-0.39, 0.29) is 5.69 Å². The van der Waals surface area contributed by atoms with Crippen LogP contribution in [0, 0.1) is 10.1 Å². The highest BCUT2D eigenvalue weighted by Gasteiger charge is 2.04. The van der Waals surface area contributed by atoms with Crippen LogP contribution in [0.1, 0.15) is 6.42 Å². The number of hydrogen-bond donors (Lipinski definition) is 1. The molecule has 0 heterocycles. The zero-order valence-corrected chi connectivity index (χ0v) is 13.8. The number of nitro benzene ring substituents is 1. The summed E-state index contributed by atoms with van der Waals surface area (Å²) < 4.78 is 0. The number of anilines is 1. The first kappa shape index (κ1) is 17.6. The number of nitrogens with zero attached hydrogens (tertiary/aromatic N) is 4. The van der Waals surface area contributed by atoms with E-state index in [1.807, 2.05) is 24.3 Å². The summed E-state index contributed by atoms with van der Waals surface area (Å²) in [6, 6.07) is 13.7. The fraction of sp³-hybridized carbons (Fsp3) is 0.294. The molecule has 0 amide bonds. The number of nitrogens with one attached hydrogen (secondary N) is 1. The lowest BCUT2D eigenvalue weighted by atomic mass is 10.3. The standard InChI is InChI=1S/C17H21N5O2/c1-21(2)12-4-11-18-14-7-9-15(10-8-14)19-20-16-5-3-6-17(13-16)22(23)24/h3,5-10,13,18H,4,11-12H2,1-2H3. The molecular weight excluding hydrogens is 306 g/mol. The highest BCUT2D eigenvalue weighted by molar-refractivity contribution is 5.51. The fourth-order valence-corrected chi connectivity index (χ4v) is 2.06. The summed E-state index contributed by atoms with van der Waals surface area (Å²) in [5.41, 5.74) is 2.18.